The number of amides is 1. The number of carbonyl (C=O) groups excluding carboxylic acids is 1. The first-order chi connectivity index (χ1) is 10.2. The van der Waals surface area contributed by atoms with Crippen LogP contribution in [0.25, 0.3) is 0 Å². The summed E-state index contributed by atoms with van der Waals surface area (Å²) in [5, 5.41) is 11.4. The minimum absolute atomic E-state index is 0.0575. The lowest BCUT2D eigenvalue weighted by atomic mass is 10.1. The van der Waals surface area contributed by atoms with E-state index in [0.717, 1.165) is 6.42 Å². The van der Waals surface area contributed by atoms with Crippen LogP contribution in [0.4, 0.5) is 5.69 Å². The van der Waals surface area contributed by atoms with Crippen LogP contribution in [0.5, 0.6) is 5.75 Å². The Hall–Kier alpha value is -2.80. The zero-order valence-corrected chi connectivity index (χ0v) is 11.8. The molecular weight excluding hydrogens is 264 g/mol. The molecule has 0 bridgehead atoms. The van der Waals surface area contributed by atoms with Crippen molar-refractivity contribution in [3.63, 3.8) is 0 Å². The molecule has 0 aromatic heterocycles. The summed E-state index contributed by atoms with van der Waals surface area (Å²) in [5.74, 6) is 0.281. The maximum atomic E-state index is 12.2. The van der Waals surface area contributed by atoms with Crippen molar-refractivity contribution >= 4 is 11.6 Å². The fourth-order valence-electron chi connectivity index (χ4n) is 1.89. The van der Waals surface area contributed by atoms with Crippen LogP contribution in [0, 0.1) is 11.3 Å². The number of hydrogen-bond donors (Lipinski definition) is 1. The van der Waals surface area contributed by atoms with Gasteiger partial charge in [0.15, 0.2) is 6.61 Å². The third-order valence-electron chi connectivity index (χ3n) is 3.05. The predicted octanol–water partition coefficient (Wildman–Crippen LogP) is 3.40. The maximum Gasteiger partial charge on any atom is 0.255 e. The normalized spacial score (nSPS) is 9.71. The third-order valence-corrected chi connectivity index (χ3v) is 3.05. The van der Waals surface area contributed by atoms with E-state index in [4.69, 9.17) is 10.00 Å². The molecule has 4 nitrogen and oxygen atoms in total. The lowest BCUT2D eigenvalue weighted by Crippen LogP contribution is -2.13. The molecule has 21 heavy (non-hydrogen) atoms. The molecule has 0 aliphatic carbocycles. The highest BCUT2D eigenvalue weighted by molar-refractivity contribution is 6.05. The number of para-hydroxylation sites is 2. The summed E-state index contributed by atoms with van der Waals surface area (Å²) >= 11 is 0. The Morgan fingerprint density at radius 2 is 1.90 bits per heavy atom. The summed E-state index contributed by atoms with van der Waals surface area (Å²) in [4.78, 5) is 12.2. The molecule has 0 spiro atoms. The molecule has 2 aromatic carbocycles. The van der Waals surface area contributed by atoms with Crippen LogP contribution in [0.1, 0.15) is 22.8 Å². The van der Waals surface area contributed by atoms with Crippen molar-refractivity contribution in [2.45, 2.75) is 13.3 Å². The van der Waals surface area contributed by atoms with Crippen LogP contribution < -0.4 is 10.1 Å². The highest BCUT2D eigenvalue weighted by atomic mass is 16.5. The molecule has 2 rings (SSSR count). The molecule has 2 aromatic rings. The summed E-state index contributed by atoms with van der Waals surface area (Å²) in [5.41, 5.74) is 2.32. The number of hydrogen-bond acceptors (Lipinski definition) is 3. The second kappa shape index (κ2) is 7.11. The number of rotatable bonds is 5. The molecular formula is C17H16N2O2. The van der Waals surface area contributed by atoms with Crippen LogP contribution in [0.15, 0.2) is 48.5 Å². The van der Waals surface area contributed by atoms with E-state index in [9.17, 15) is 4.79 Å². The summed E-state index contributed by atoms with van der Waals surface area (Å²) < 4.78 is 5.28. The van der Waals surface area contributed by atoms with Gasteiger partial charge in [0.05, 0.1) is 5.69 Å². The van der Waals surface area contributed by atoms with Gasteiger partial charge in [0.2, 0.25) is 0 Å². The number of ether oxygens (including phenoxy) is 1. The fraction of sp³-hybridized carbons (Fsp3) is 0.176. The monoisotopic (exact) mass is 280 g/mol. The zero-order valence-electron chi connectivity index (χ0n) is 11.8. The molecule has 0 aliphatic rings. The van der Waals surface area contributed by atoms with Gasteiger partial charge in [0.1, 0.15) is 11.8 Å². The van der Waals surface area contributed by atoms with Crippen molar-refractivity contribution in [1.29, 1.82) is 5.26 Å². The van der Waals surface area contributed by atoms with Gasteiger partial charge in [-0.15, -0.1) is 0 Å². The lowest BCUT2D eigenvalue weighted by molar-refractivity contribution is 0.102. The van der Waals surface area contributed by atoms with Gasteiger partial charge in [0, 0.05) is 5.56 Å². The third kappa shape index (κ3) is 3.83. The van der Waals surface area contributed by atoms with Gasteiger partial charge in [-0.3, -0.25) is 4.79 Å². The first kappa shape index (κ1) is 14.6. The van der Waals surface area contributed by atoms with Crippen LogP contribution in [-0.4, -0.2) is 12.5 Å². The number of nitrogens with one attached hydrogen (secondary N) is 1. The van der Waals surface area contributed by atoms with Gasteiger partial charge in [0.25, 0.3) is 5.91 Å². The number of carbonyl (C=O) groups is 1. The summed E-state index contributed by atoms with van der Waals surface area (Å²) in [6, 6.07) is 16.4. The highest BCUT2D eigenvalue weighted by Crippen LogP contribution is 2.24. The van der Waals surface area contributed by atoms with Crippen molar-refractivity contribution in [2.75, 3.05) is 11.9 Å². The molecule has 0 radical (unpaired) electrons. The predicted molar refractivity (Wildman–Crippen MR) is 81.3 cm³/mol. The van der Waals surface area contributed by atoms with Gasteiger partial charge in [-0.1, -0.05) is 31.2 Å². The Bertz CT molecular complexity index is 657. The molecule has 0 saturated heterocycles. The Balaban J connectivity index is 2.13. The van der Waals surface area contributed by atoms with Gasteiger partial charge in [-0.2, -0.15) is 5.26 Å². The molecule has 0 unspecified atom stereocenters. The molecule has 0 aliphatic heterocycles. The molecule has 1 amide bonds. The van der Waals surface area contributed by atoms with E-state index in [0.29, 0.717) is 17.0 Å². The molecule has 4 heteroatoms. The molecule has 0 saturated carbocycles. The first-order valence-electron chi connectivity index (χ1n) is 6.73. The number of anilines is 1. The van der Waals surface area contributed by atoms with E-state index in [1.54, 1.807) is 36.4 Å². The quantitative estimate of drug-likeness (QED) is 0.913. The largest absolute Gasteiger partial charge is 0.477 e. The van der Waals surface area contributed by atoms with Crippen molar-refractivity contribution in [3.05, 3.63) is 59.7 Å². The second-order valence-corrected chi connectivity index (χ2v) is 4.45. The van der Waals surface area contributed by atoms with Gasteiger partial charge in [-0.25, -0.2) is 0 Å². The van der Waals surface area contributed by atoms with E-state index in [1.165, 1.54) is 5.56 Å². The standard InChI is InChI=1S/C17H16N2O2/c1-2-13-7-9-14(10-8-13)17(20)19-15-5-3-4-6-16(15)21-12-11-18/h3-10H,2,12H2,1H3,(H,19,20). The average molecular weight is 280 g/mol. The molecule has 0 fully saturated rings. The molecule has 1 N–H and O–H groups in total. The van der Waals surface area contributed by atoms with Crippen LogP contribution in [-0.2, 0) is 6.42 Å². The summed E-state index contributed by atoms with van der Waals surface area (Å²) in [6.45, 7) is 2.01. The lowest BCUT2D eigenvalue weighted by Gasteiger charge is -2.10. The highest BCUT2D eigenvalue weighted by Gasteiger charge is 2.09. The van der Waals surface area contributed by atoms with Gasteiger partial charge < -0.3 is 10.1 Å². The van der Waals surface area contributed by atoms with E-state index in [-0.39, 0.29) is 12.5 Å². The smallest absolute Gasteiger partial charge is 0.255 e. The fourth-order valence-corrected chi connectivity index (χ4v) is 1.89. The van der Waals surface area contributed by atoms with Gasteiger partial charge >= 0.3 is 0 Å². The Morgan fingerprint density at radius 1 is 1.19 bits per heavy atom. The van der Waals surface area contributed by atoms with Crippen molar-refractivity contribution in [2.24, 2.45) is 0 Å². The Morgan fingerprint density at radius 3 is 2.57 bits per heavy atom. The van der Waals surface area contributed by atoms with Crippen LogP contribution >= 0.6 is 0 Å². The molecule has 0 heterocycles. The van der Waals surface area contributed by atoms with Crippen molar-refractivity contribution in [1.82, 2.24) is 0 Å². The topological polar surface area (TPSA) is 62.1 Å². The Kier molecular flexibility index (Phi) is 4.94. The SMILES string of the molecule is CCc1ccc(C(=O)Nc2ccccc2OCC#N)cc1. The van der Waals surface area contributed by atoms with Crippen molar-refractivity contribution < 1.29 is 9.53 Å². The average Bonchev–Trinajstić information content (AvgIpc) is 2.54. The summed E-state index contributed by atoms with van der Waals surface area (Å²) in [6.07, 6.45) is 0.937. The van der Waals surface area contributed by atoms with Crippen LogP contribution in [0.3, 0.4) is 0 Å². The molecule has 106 valence electrons. The van der Waals surface area contributed by atoms with Crippen molar-refractivity contribution in [3.8, 4) is 11.8 Å². The number of aryl methyl sites for hydroxylation is 1. The van der Waals surface area contributed by atoms with Crippen LogP contribution in [0.2, 0.25) is 0 Å². The number of nitrogens with zero attached hydrogens (tertiary/aromatic N) is 1. The molecule has 0 atom stereocenters. The maximum absolute atomic E-state index is 12.2. The van der Waals surface area contributed by atoms with E-state index < -0.39 is 0 Å². The van der Waals surface area contributed by atoms with E-state index in [2.05, 4.69) is 12.2 Å². The van der Waals surface area contributed by atoms with E-state index in [1.807, 2.05) is 18.2 Å². The minimum atomic E-state index is -0.203. The zero-order chi connectivity index (χ0) is 15.1. The summed E-state index contributed by atoms with van der Waals surface area (Å²) in [7, 11) is 0. The van der Waals surface area contributed by atoms with E-state index >= 15 is 0 Å². The van der Waals surface area contributed by atoms with Gasteiger partial charge in [-0.05, 0) is 36.2 Å². The number of benzene rings is 2. The first-order valence-corrected chi connectivity index (χ1v) is 6.73. The number of nitriles is 1. The Labute approximate surface area is 124 Å². The second-order valence-electron chi connectivity index (χ2n) is 4.45. The minimum Gasteiger partial charge on any atom is -0.477 e.